The molecule has 0 atom stereocenters. The van der Waals surface area contributed by atoms with Crippen molar-refractivity contribution in [2.24, 2.45) is 0 Å². The second kappa shape index (κ2) is 5.70. The van der Waals surface area contributed by atoms with Crippen molar-refractivity contribution in [2.75, 3.05) is 30.4 Å². The van der Waals surface area contributed by atoms with Crippen molar-refractivity contribution in [3.05, 3.63) is 30.0 Å². The number of nitrogens with zero attached hydrogens (tertiary/aromatic N) is 2. The van der Waals surface area contributed by atoms with Crippen molar-refractivity contribution in [3.8, 4) is 0 Å². The molecule has 1 aliphatic heterocycles. The van der Waals surface area contributed by atoms with Crippen LogP contribution in [0, 0.1) is 6.92 Å². The molecule has 1 aromatic heterocycles. The van der Waals surface area contributed by atoms with E-state index >= 15 is 0 Å². The molecule has 3 nitrogen and oxygen atoms in total. The molecule has 1 aromatic carbocycles. The number of rotatable bonds is 2. The maximum Gasteiger partial charge on any atom is 0.136 e. The molecule has 0 unspecified atom stereocenters. The number of aryl methyl sites for hydroxylation is 1. The van der Waals surface area contributed by atoms with Crippen molar-refractivity contribution >= 4 is 22.3 Å². The number of pyridine rings is 1. The number of fused-ring (bicyclic) bond motifs is 1. The lowest BCUT2D eigenvalue weighted by molar-refractivity contribution is 0.726. The van der Waals surface area contributed by atoms with Crippen molar-refractivity contribution in [3.63, 3.8) is 0 Å². The van der Waals surface area contributed by atoms with E-state index in [2.05, 4.69) is 41.4 Å². The third-order valence-corrected chi connectivity index (χ3v) is 4.16. The van der Waals surface area contributed by atoms with E-state index in [1.165, 1.54) is 48.0 Å². The molecule has 1 fully saturated rings. The highest BCUT2D eigenvalue weighted by Crippen LogP contribution is 2.31. The van der Waals surface area contributed by atoms with Crippen LogP contribution in [0.1, 0.15) is 31.4 Å². The normalized spacial score (nSPS) is 16.2. The Labute approximate surface area is 121 Å². The first-order valence-corrected chi connectivity index (χ1v) is 7.62. The Hall–Kier alpha value is -1.77. The van der Waals surface area contributed by atoms with Crippen LogP contribution < -0.4 is 10.2 Å². The molecule has 106 valence electrons. The summed E-state index contributed by atoms with van der Waals surface area (Å²) < 4.78 is 0. The number of anilines is 2. The van der Waals surface area contributed by atoms with Gasteiger partial charge in [0.25, 0.3) is 0 Å². The van der Waals surface area contributed by atoms with E-state index in [4.69, 9.17) is 4.98 Å². The van der Waals surface area contributed by atoms with Gasteiger partial charge in [0.05, 0.1) is 0 Å². The zero-order valence-electron chi connectivity index (χ0n) is 12.4. The van der Waals surface area contributed by atoms with E-state index in [1.54, 1.807) is 0 Å². The summed E-state index contributed by atoms with van der Waals surface area (Å²) >= 11 is 0. The van der Waals surface area contributed by atoms with Crippen molar-refractivity contribution < 1.29 is 0 Å². The maximum atomic E-state index is 4.84. The van der Waals surface area contributed by atoms with E-state index in [-0.39, 0.29) is 0 Å². The first-order valence-electron chi connectivity index (χ1n) is 7.62. The van der Waals surface area contributed by atoms with Gasteiger partial charge in [-0.3, -0.25) is 0 Å². The fourth-order valence-electron chi connectivity index (χ4n) is 3.13. The van der Waals surface area contributed by atoms with E-state index in [0.717, 1.165) is 18.8 Å². The second-order valence-corrected chi connectivity index (χ2v) is 5.64. The number of nitrogens with one attached hydrogen (secondary N) is 1. The molecule has 1 N–H and O–H groups in total. The molecule has 0 saturated carbocycles. The number of hydrogen-bond acceptors (Lipinski definition) is 3. The van der Waals surface area contributed by atoms with E-state index in [0.29, 0.717) is 0 Å². The fourth-order valence-corrected chi connectivity index (χ4v) is 3.13. The van der Waals surface area contributed by atoms with Crippen molar-refractivity contribution in [2.45, 2.75) is 32.6 Å². The Morgan fingerprint density at radius 1 is 1.05 bits per heavy atom. The van der Waals surface area contributed by atoms with Crippen LogP contribution in [0.5, 0.6) is 0 Å². The molecular weight excluding hydrogens is 246 g/mol. The van der Waals surface area contributed by atoms with Crippen molar-refractivity contribution in [1.82, 2.24) is 4.98 Å². The summed E-state index contributed by atoms with van der Waals surface area (Å²) in [7, 11) is 1.98. The molecule has 0 aliphatic carbocycles. The summed E-state index contributed by atoms with van der Waals surface area (Å²) in [5.41, 5.74) is 2.28. The van der Waals surface area contributed by atoms with Crippen LogP contribution in [0.4, 0.5) is 11.5 Å². The topological polar surface area (TPSA) is 28.2 Å². The van der Waals surface area contributed by atoms with Gasteiger partial charge in [0.15, 0.2) is 0 Å². The monoisotopic (exact) mass is 269 g/mol. The lowest BCUT2D eigenvalue weighted by Crippen LogP contribution is -2.25. The smallest absolute Gasteiger partial charge is 0.136 e. The molecule has 1 saturated heterocycles. The van der Waals surface area contributed by atoms with Gasteiger partial charge in [-0.15, -0.1) is 0 Å². The molecule has 3 rings (SSSR count). The molecule has 0 bridgehead atoms. The summed E-state index contributed by atoms with van der Waals surface area (Å²) in [6.45, 7) is 4.36. The van der Waals surface area contributed by atoms with Crippen molar-refractivity contribution in [1.29, 1.82) is 0 Å². The first kappa shape index (κ1) is 13.2. The van der Waals surface area contributed by atoms with Crippen LogP contribution in [0.3, 0.4) is 0 Å². The summed E-state index contributed by atoms with van der Waals surface area (Å²) in [6, 6.07) is 8.63. The summed E-state index contributed by atoms with van der Waals surface area (Å²) in [6.07, 6.45) is 5.26. The lowest BCUT2D eigenvalue weighted by Gasteiger charge is -2.24. The highest BCUT2D eigenvalue weighted by Gasteiger charge is 2.15. The summed E-state index contributed by atoms with van der Waals surface area (Å²) in [5.74, 6) is 1.17. The van der Waals surface area contributed by atoms with Gasteiger partial charge >= 0.3 is 0 Å². The number of aromatic nitrogens is 1. The first-order chi connectivity index (χ1) is 9.79. The van der Waals surface area contributed by atoms with Crippen LogP contribution in [-0.4, -0.2) is 25.1 Å². The molecule has 0 spiro atoms. The standard InChI is InChI=1S/C17H23N3/c1-13-12-15-14(8-7-9-16(15)18-2)17(19-13)20-10-5-3-4-6-11-20/h7-9,12,18H,3-6,10-11H2,1-2H3. The zero-order chi connectivity index (χ0) is 13.9. The van der Waals surface area contributed by atoms with Gasteiger partial charge in [-0.1, -0.05) is 25.0 Å². The molecule has 3 heteroatoms. The summed E-state index contributed by atoms with van der Waals surface area (Å²) in [5, 5.41) is 5.84. The van der Waals surface area contributed by atoms with E-state index < -0.39 is 0 Å². The predicted molar refractivity (Wildman–Crippen MR) is 86.7 cm³/mol. The Kier molecular flexibility index (Phi) is 3.77. The van der Waals surface area contributed by atoms with Gasteiger partial charge in [0.1, 0.15) is 5.82 Å². The lowest BCUT2D eigenvalue weighted by atomic mass is 10.1. The Bertz CT molecular complexity index is 598. The number of benzene rings is 1. The van der Waals surface area contributed by atoms with E-state index in [1.807, 2.05) is 7.05 Å². The summed E-state index contributed by atoms with van der Waals surface area (Å²) in [4.78, 5) is 7.31. The molecule has 1 aliphatic rings. The van der Waals surface area contributed by atoms with Gasteiger partial charge in [0, 0.05) is 42.3 Å². The van der Waals surface area contributed by atoms with Crippen LogP contribution in [0.25, 0.3) is 10.8 Å². The van der Waals surface area contributed by atoms with E-state index in [9.17, 15) is 0 Å². The highest BCUT2D eigenvalue weighted by atomic mass is 15.2. The molecule has 2 heterocycles. The molecule has 2 aromatic rings. The average molecular weight is 269 g/mol. The maximum absolute atomic E-state index is 4.84. The minimum Gasteiger partial charge on any atom is -0.388 e. The Morgan fingerprint density at radius 2 is 1.80 bits per heavy atom. The molecule has 0 radical (unpaired) electrons. The molecule has 0 amide bonds. The SMILES string of the molecule is CNc1cccc2c(N3CCCCCC3)nc(C)cc12. The van der Waals surface area contributed by atoms with Crippen LogP contribution in [-0.2, 0) is 0 Å². The van der Waals surface area contributed by atoms with Gasteiger partial charge in [-0.25, -0.2) is 4.98 Å². The minimum absolute atomic E-state index is 1.10. The third-order valence-electron chi connectivity index (χ3n) is 4.16. The predicted octanol–water partition coefficient (Wildman–Crippen LogP) is 3.97. The van der Waals surface area contributed by atoms with Crippen LogP contribution in [0.2, 0.25) is 0 Å². The molecule has 20 heavy (non-hydrogen) atoms. The fraction of sp³-hybridized carbons (Fsp3) is 0.471. The zero-order valence-corrected chi connectivity index (χ0v) is 12.4. The third kappa shape index (κ3) is 2.45. The van der Waals surface area contributed by atoms with Gasteiger partial charge in [-0.05, 0) is 31.9 Å². The van der Waals surface area contributed by atoms with Crippen LogP contribution >= 0.6 is 0 Å². The minimum atomic E-state index is 1.10. The molecular formula is C17H23N3. The van der Waals surface area contributed by atoms with Gasteiger partial charge < -0.3 is 10.2 Å². The Balaban J connectivity index is 2.13. The average Bonchev–Trinajstić information content (AvgIpc) is 2.74. The quantitative estimate of drug-likeness (QED) is 0.894. The second-order valence-electron chi connectivity index (χ2n) is 5.64. The number of hydrogen-bond donors (Lipinski definition) is 1. The Morgan fingerprint density at radius 3 is 2.50 bits per heavy atom. The van der Waals surface area contributed by atoms with Gasteiger partial charge in [0.2, 0.25) is 0 Å². The van der Waals surface area contributed by atoms with Crippen LogP contribution in [0.15, 0.2) is 24.3 Å². The highest BCUT2D eigenvalue weighted by molar-refractivity contribution is 6.00. The largest absolute Gasteiger partial charge is 0.388 e. The van der Waals surface area contributed by atoms with Gasteiger partial charge in [-0.2, -0.15) is 0 Å².